The topological polar surface area (TPSA) is 27.1 Å². The molecule has 0 spiro atoms. The Morgan fingerprint density at radius 3 is 2.54 bits per heavy atom. The summed E-state index contributed by atoms with van der Waals surface area (Å²) in [4.78, 5) is 4.87. The van der Waals surface area contributed by atoms with E-state index >= 15 is 0 Å². The minimum Gasteiger partial charge on any atom is -0.492 e. The van der Waals surface area contributed by atoms with E-state index in [-0.39, 0.29) is 0 Å². The number of ether oxygens (including phenoxy) is 1. The molecule has 0 saturated heterocycles. The van der Waals surface area contributed by atoms with Crippen LogP contribution in [0.25, 0.3) is 11.0 Å². The molecule has 0 saturated carbocycles. The van der Waals surface area contributed by atoms with Crippen LogP contribution >= 0.6 is 11.6 Å². The Balaban J connectivity index is 1.50. The van der Waals surface area contributed by atoms with Crippen molar-refractivity contribution >= 4 is 22.6 Å². The van der Waals surface area contributed by atoms with Crippen molar-refractivity contribution in [3.05, 3.63) is 94.8 Å². The molecule has 0 aliphatic heterocycles. The van der Waals surface area contributed by atoms with Crippen LogP contribution in [0.4, 0.5) is 0 Å². The number of nitrogens with zero attached hydrogens (tertiary/aromatic N) is 2. The summed E-state index contributed by atoms with van der Waals surface area (Å²) < 4.78 is 8.25. The molecule has 1 aromatic heterocycles. The molecule has 1 heterocycles. The average Bonchev–Trinajstić information content (AvgIpc) is 3.07. The quantitative estimate of drug-likeness (QED) is 0.395. The van der Waals surface area contributed by atoms with Crippen molar-refractivity contribution in [1.29, 1.82) is 0 Å². The van der Waals surface area contributed by atoms with Crippen LogP contribution in [-0.4, -0.2) is 16.2 Å². The lowest BCUT2D eigenvalue weighted by atomic mass is 10.1. The van der Waals surface area contributed by atoms with Crippen molar-refractivity contribution in [2.24, 2.45) is 0 Å². The molecule has 4 rings (SSSR count). The molecule has 3 nitrogen and oxygen atoms in total. The van der Waals surface area contributed by atoms with Crippen molar-refractivity contribution in [1.82, 2.24) is 9.55 Å². The maximum absolute atomic E-state index is 6.10. The van der Waals surface area contributed by atoms with Gasteiger partial charge in [0.05, 0.1) is 17.6 Å². The van der Waals surface area contributed by atoms with E-state index < -0.39 is 0 Å². The second-order valence-electron chi connectivity index (χ2n) is 6.91. The zero-order chi connectivity index (χ0) is 19.3. The van der Waals surface area contributed by atoms with Gasteiger partial charge in [0, 0.05) is 11.4 Å². The summed E-state index contributed by atoms with van der Waals surface area (Å²) in [6.45, 7) is 3.33. The number of hydrogen-bond donors (Lipinski definition) is 0. The van der Waals surface area contributed by atoms with Gasteiger partial charge in [-0.05, 0) is 54.8 Å². The van der Waals surface area contributed by atoms with Crippen LogP contribution in [-0.2, 0) is 19.4 Å². The van der Waals surface area contributed by atoms with Gasteiger partial charge in [0.15, 0.2) is 0 Å². The van der Waals surface area contributed by atoms with E-state index in [1.807, 2.05) is 31.2 Å². The molecule has 0 atom stereocenters. The largest absolute Gasteiger partial charge is 0.492 e. The Bertz CT molecular complexity index is 1070. The normalized spacial score (nSPS) is 11.1. The summed E-state index contributed by atoms with van der Waals surface area (Å²) in [7, 11) is 0. The third-order valence-electron chi connectivity index (χ3n) is 4.93. The monoisotopic (exact) mass is 390 g/mol. The summed E-state index contributed by atoms with van der Waals surface area (Å²) in [6, 6.07) is 24.6. The summed E-state index contributed by atoms with van der Waals surface area (Å²) in [5, 5.41) is 0.760. The van der Waals surface area contributed by atoms with Crippen molar-refractivity contribution in [3.8, 4) is 5.75 Å². The van der Waals surface area contributed by atoms with Gasteiger partial charge in [0.25, 0.3) is 0 Å². The standard InChI is InChI=1S/C24H23ClN2O/c1-18-17-20(12-13-21(18)25)28-16-15-27-23-10-6-5-9-22(23)26-24(27)14-11-19-7-3-2-4-8-19/h2-10,12-13,17H,11,14-16H2,1H3. The van der Waals surface area contributed by atoms with Crippen LogP contribution in [0, 0.1) is 6.92 Å². The third-order valence-corrected chi connectivity index (χ3v) is 5.35. The van der Waals surface area contributed by atoms with Crippen molar-refractivity contribution in [3.63, 3.8) is 0 Å². The Hall–Kier alpha value is -2.78. The minimum atomic E-state index is 0.583. The molecular weight excluding hydrogens is 368 g/mol. The molecule has 28 heavy (non-hydrogen) atoms. The lowest BCUT2D eigenvalue weighted by Gasteiger charge is -2.12. The highest BCUT2D eigenvalue weighted by Gasteiger charge is 2.11. The fourth-order valence-corrected chi connectivity index (χ4v) is 3.55. The third kappa shape index (κ3) is 4.20. The molecule has 0 unspecified atom stereocenters. The molecule has 0 N–H and O–H groups in total. The molecule has 0 aliphatic rings. The van der Waals surface area contributed by atoms with Crippen LogP contribution in [0.2, 0.25) is 5.02 Å². The summed E-state index contributed by atoms with van der Waals surface area (Å²) in [5.41, 5.74) is 4.54. The molecular formula is C24H23ClN2O. The number of halogens is 1. The van der Waals surface area contributed by atoms with E-state index in [0.717, 1.165) is 52.6 Å². The molecule has 0 bridgehead atoms. The van der Waals surface area contributed by atoms with E-state index in [9.17, 15) is 0 Å². The lowest BCUT2D eigenvalue weighted by Crippen LogP contribution is -2.12. The van der Waals surface area contributed by atoms with Crippen molar-refractivity contribution < 1.29 is 4.74 Å². The van der Waals surface area contributed by atoms with Crippen molar-refractivity contribution in [2.45, 2.75) is 26.3 Å². The number of fused-ring (bicyclic) bond motifs is 1. The number of hydrogen-bond acceptors (Lipinski definition) is 2. The maximum atomic E-state index is 6.10. The summed E-state index contributed by atoms with van der Waals surface area (Å²) in [5.74, 6) is 1.94. The van der Waals surface area contributed by atoms with Gasteiger partial charge in [0.1, 0.15) is 18.2 Å². The van der Waals surface area contributed by atoms with E-state index in [1.54, 1.807) is 0 Å². The predicted molar refractivity (Wildman–Crippen MR) is 115 cm³/mol. The van der Waals surface area contributed by atoms with Crippen LogP contribution in [0.3, 0.4) is 0 Å². The van der Waals surface area contributed by atoms with Crippen molar-refractivity contribution in [2.75, 3.05) is 6.61 Å². The van der Waals surface area contributed by atoms with Crippen LogP contribution in [0.15, 0.2) is 72.8 Å². The highest BCUT2D eigenvalue weighted by molar-refractivity contribution is 6.31. The van der Waals surface area contributed by atoms with Crippen LogP contribution in [0.5, 0.6) is 5.75 Å². The number of benzene rings is 3. The van der Waals surface area contributed by atoms with Crippen LogP contribution in [0.1, 0.15) is 17.0 Å². The van der Waals surface area contributed by atoms with Gasteiger partial charge in [-0.15, -0.1) is 0 Å². The lowest BCUT2D eigenvalue weighted by molar-refractivity contribution is 0.298. The van der Waals surface area contributed by atoms with Gasteiger partial charge in [-0.25, -0.2) is 4.98 Å². The van der Waals surface area contributed by atoms with E-state index in [2.05, 4.69) is 53.1 Å². The second-order valence-corrected chi connectivity index (χ2v) is 7.32. The Kier molecular flexibility index (Phi) is 5.63. The highest BCUT2D eigenvalue weighted by atomic mass is 35.5. The number of para-hydroxylation sites is 2. The summed E-state index contributed by atoms with van der Waals surface area (Å²) in [6.07, 6.45) is 1.88. The highest BCUT2D eigenvalue weighted by Crippen LogP contribution is 2.22. The first kappa shape index (κ1) is 18.6. The first-order chi connectivity index (χ1) is 13.7. The fourth-order valence-electron chi connectivity index (χ4n) is 3.43. The van der Waals surface area contributed by atoms with Gasteiger partial charge in [-0.3, -0.25) is 0 Å². The first-order valence-electron chi connectivity index (χ1n) is 9.58. The molecule has 4 heteroatoms. The molecule has 0 amide bonds. The molecule has 142 valence electrons. The Morgan fingerprint density at radius 1 is 0.929 bits per heavy atom. The molecule has 3 aromatic carbocycles. The molecule has 0 fully saturated rings. The zero-order valence-corrected chi connectivity index (χ0v) is 16.7. The van der Waals surface area contributed by atoms with Gasteiger partial charge in [0.2, 0.25) is 0 Å². The Morgan fingerprint density at radius 2 is 1.71 bits per heavy atom. The molecule has 0 aliphatic carbocycles. The predicted octanol–water partition coefficient (Wildman–Crippen LogP) is 5.86. The van der Waals surface area contributed by atoms with Gasteiger partial charge in [-0.2, -0.15) is 0 Å². The molecule has 4 aromatic rings. The number of aromatic nitrogens is 2. The van der Waals surface area contributed by atoms with E-state index in [4.69, 9.17) is 21.3 Å². The van der Waals surface area contributed by atoms with E-state index in [1.165, 1.54) is 5.56 Å². The number of rotatable bonds is 7. The van der Waals surface area contributed by atoms with Gasteiger partial charge < -0.3 is 9.30 Å². The van der Waals surface area contributed by atoms with E-state index in [0.29, 0.717) is 6.61 Å². The zero-order valence-electron chi connectivity index (χ0n) is 15.9. The van der Waals surface area contributed by atoms with Gasteiger partial charge in [-0.1, -0.05) is 54.1 Å². The number of imidazole rings is 1. The second kappa shape index (κ2) is 8.49. The SMILES string of the molecule is Cc1cc(OCCn2c(CCc3ccccc3)nc3ccccc32)ccc1Cl. The summed E-state index contributed by atoms with van der Waals surface area (Å²) >= 11 is 6.10. The fraction of sp³-hybridized carbons (Fsp3) is 0.208. The number of aryl methyl sites for hydroxylation is 3. The first-order valence-corrected chi connectivity index (χ1v) is 9.95. The smallest absolute Gasteiger partial charge is 0.119 e. The average molecular weight is 391 g/mol. The Labute approximate surface area is 170 Å². The van der Waals surface area contributed by atoms with Crippen LogP contribution < -0.4 is 4.74 Å². The van der Waals surface area contributed by atoms with Gasteiger partial charge >= 0.3 is 0 Å². The maximum Gasteiger partial charge on any atom is 0.119 e. The minimum absolute atomic E-state index is 0.583. The molecule has 0 radical (unpaired) electrons.